The van der Waals surface area contributed by atoms with Crippen molar-refractivity contribution in [2.45, 2.75) is 13.0 Å². The van der Waals surface area contributed by atoms with E-state index in [0.717, 1.165) is 11.2 Å². The van der Waals surface area contributed by atoms with Crippen molar-refractivity contribution in [3.63, 3.8) is 0 Å². The van der Waals surface area contributed by atoms with E-state index in [4.69, 9.17) is 10.2 Å². The number of hydrogen-bond acceptors (Lipinski definition) is 9. The van der Waals surface area contributed by atoms with Crippen LogP contribution in [0.25, 0.3) is 34.0 Å². The van der Waals surface area contributed by atoms with E-state index in [1.165, 1.54) is 35.3 Å². The van der Waals surface area contributed by atoms with Crippen molar-refractivity contribution >= 4 is 17.2 Å². The molecule has 6 aromatic heterocycles. The van der Waals surface area contributed by atoms with Crippen molar-refractivity contribution in [2.24, 2.45) is 0 Å². The number of oxazole rings is 1. The Morgan fingerprint density at radius 3 is 2.80 bits per heavy atom. The van der Waals surface area contributed by atoms with Crippen LogP contribution in [0.3, 0.4) is 0 Å². The quantitative estimate of drug-likeness (QED) is 0.385. The maximum atomic E-state index is 12.8. The van der Waals surface area contributed by atoms with Gasteiger partial charge in [0.2, 0.25) is 11.8 Å². The van der Waals surface area contributed by atoms with Gasteiger partial charge in [0.05, 0.1) is 23.9 Å². The molecule has 0 radical (unpaired) electrons. The summed E-state index contributed by atoms with van der Waals surface area (Å²) in [5, 5.41) is 4.45. The van der Waals surface area contributed by atoms with Crippen LogP contribution in [0.1, 0.15) is 11.5 Å². The predicted molar refractivity (Wildman–Crippen MR) is 119 cm³/mol. The molecule has 0 amide bonds. The average Bonchev–Trinajstić information content (AvgIpc) is 3.60. The Morgan fingerprint density at radius 2 is 1.97 bits per heavy atom. The van der Waals surface area contributed by atoms with Crippen molar-refractivity contribution in [3.05, 3.63) is 73.0 Å². The monoisotopic (exact) mass is 475 g/mol. The number of rotatable bonds is 6. The number of imidazole rings is 1. The second kappa shape index (κ2) is 8.13. The van der Waals surface area contributed by atoms with Crippen LogP contribution in [0, 0.1) is 0 Å². The van der Waals surface area contributed by atoms with E-state index < -0.39 is 6.61 Å². The van der Waals surface area contributed by atoms with Gasteiger partial charge in [0.15, 0.2) is 11.5 Å². The number of nitrogen functional groups attached to an aromatic ring is 1. The molecule has 0 aliphatic rings. The number of alkyl halides is 2. The lowest BCUT2D eigenvalue weighted by molar-refractivity contribution is -0.0506. The van der Waals surface area contributed by atoms with Gasteiger partial charge in [-0.3, -0.25) is 4.98 Å². The van der Waals surface area contributed by atoms with Gasteiger partial charge < -0.3 is 19.3 Å². The minimum atomic E-state index is -2.99. The molecule has 0 aromatic carbocycles. The third kappa shape index (κ3) is 3.68. The fraction of sp³-hybridized carbons (Fsp3) is 0.0909. The zero-order valence-electron chi connectivity index (χ0n) is 17.8. The lowest BCUT2D eigenvalue weighted by Gasteiger charge is -2.10. The number of halogens is 2. The largest absolute Gasteiger partial charge is 0.443 e. The van der Waals surface area contributed by atoms with Crippen LogP contribution in [-0.2, 0) is 6.42 Å². The molecule has 35 heavy (non-hydrogen) atoms. The van der Waals surface area contributed by atoms with Crippen LogP contribution < -0.4 is 10.5 Å². The SMILES string of the molecule is Nc1nc(-c2ncco2)c(-c2ccc3nccn3c2)c2nc(Cc3ncccc3OC(F)F)nn12. The number of hydrogen-bond donors (Lipinski definition) is 1. The highest BCUT2D eigenvalue weighted by Gasteiger charge is 2.23. The molecule has 0 aliphatic heterocycles. The molecule has 0 bridgehead atoms. The van der Waals surface area contributed by atoms with Crippen LogP contribution in [0.2, 0.25) is 0 Å². The third-order valence-corrected chi connectivity index (χ3v) is 5.26. The smallest absolute Gasteiger partial charge is 0.387 e. The fourth-order valence-electron chi connectivity index (χ4n) is 3.81. The first-order valence-corrected chi connectivity index (χ1v) is 10.3. The number of anilines is 1. The second-order valence-corrected chi connectivity index (χ2v) is 7.41. The molecule has 0 spiro atoms. The number of nitrogens with zero attached hydrogens (tertiary/aromatic N) is 8. The summed E-state index contributed by atoms with van der Waals surface area (Å²) in [6.45, 7) is -2.99. The van der Waals surface area contributed by atoms with Crippen LogP contribution in [-0.4, -0.2) is 45.5 Å². The molecule has 0 fully saturated rings. The first kappa shape index (κ1) is 20.7. The summed E-state index contributed by atoms with van der Waals surface area (Å²) in [6, 6.07) is 6.63. The van der Waals surface area contributed by atoms with Crippen LogP contribution >= 0.6 is 0 Å². The van der Waals surface area contributed by atoms with Crippen molar-refractivity contribution in [1.82, 2.24) is 38.9 Å². The average molecular weight is 475 g/mol. The first-order chi connectivity index (χ1) is 17.1. The molecule has 0 atom stereocenters. The zero-order valence-corrected chi connectivity index (χ0v) is 17.8. The third-order valence-electron chi connectivity index (χ3n) is 5.26. The highest BCUT2D eigenvalue weighted by atomic mass is 19.3. The Labute approximate surface area is 194 Å². The van der Waals surface area contributed by atoms with Crippen molar-refractivity contribution in [1.29, 1.82) is 0 Å². The summed E-state index contributed by atoms with van der Waals surface area (Å²) in [7, 11) is 0. The summed E-state index contributed by atoms with van der Waals surface area (Å²) < 4.78 is 39.0. The van der Waals surface area contributed by atoms with Crippen LogP contribution in [0.5, 0.6) is 5.75 Å². The molecule has 0 aliphatic carbocycles. The molecule has 174 valence electrons. The van der Waals surface area contributed by atoms with Gasteiger partial charge in [0.1, 0.15) is 23.4 Å². The van der Waals surface area contributed by atoms with Crippen molar-refractivity contribution in [3.8, 4) is 28.5 Å². The molecule has 6 aromatic rings. The number of nitrogens with two attached hydrogens (primary N) is 1. The lowest BCUT2D eigenvalue weighted by Crippen LogP contribution is -2.07. The molecular weight excluding hydrogens is 460 g/mol. The minimum Gasteiger partial charge on any atom is -0.443 e. The van der Waals surface area contributed by atoms with Gasteiger partial charge in [-0.2, -0.15) is 13.3 Å². The molecule has 2 N–H and O–H groups in total. The Hall–Kier alpha value is -4.94. The fourth-order valence-corrected chi connectivity index (χ4v) is 3.81. The molecule has 0 unspecified atom stereocenters. The van der Waals surface area contributed by atoms with Crippen LogP contribution in [0.4, 0.5) is 14.7 Å². The van der Waals surface area contributed by atoms with Crippen molar-refractivity contribution < 1.29 is 17.9 Å². The maximum absolute atomic E-state index is 12.8. The Balaban J connectivity index is 1.54. The molecule has 11 nitrogen and oxygen atoms in total. The summed E-state index contributed by atoms with van der Waals surface area (Å²) in [5.41, 5.74) is 9.29. The number of pyridine rings is 2. The van der Waals surface area contributed by atoms with Gasteiger partial charge in [-0.15, -0.1) is 5.10 Å². The number of fused-ring (bicyclic) bond motifs is 2. The minimum absolute atomic E-state index is 0.0261. The Bertz CT molecular complexity index is 1660. The summed E-state index contributed by atoms with van der Waals surface area (Å²) in [5.74, 6) is 0.524. The summed E-state index contributed by atoms with van der Waals surface area (Å²) >= 11 is 0. The van der Waals surface area contributed by atoms with E-state index in [0.29, 0.717) is 16.9 Å². The second-order valence-electron chi connectivity index (χ2n) is 7.41. The van der Waals surface area contributed by atoms with Gasteiger partial charge in [-0.1, -0.05) is 0 Å². The Kier molecular flexibility index (Phi) is 4.80. The molecule has 0 saturated carbocycles. The highest BCUT2D eigenvalue weighted by molar-refractivity contribution is 5.88. The van der Waals surface area contributed by atoms with E-state index in [1.807, 2.05) is 28.9 Å². The van der Waals surface area contributed by atoms with Gasteiger partial charge in [0, 0.05) is 30.4 Å². The van der Waals surface area contributed by atoms with Gasteiger partial charge in [-0.05, 0) is 24.3 Å². The molecule has 13 heteroatoms. The molecule has 6 rings (SSSR count). The first-order valence-electron chi connectivity index (χ1n) is 10.3. The topological polar surface area (TPSA) is 135 Å². The van der Waals surface area contributed by atoms with E-state index in [2.05, 4.69) is 34.8 Å². The van der Waals surface area contributed by atoms with E-state index in [1.54, 1.807) is 6.20 Å². The normalized spacial score (nSPS) is 11.6. The molecule has 6 heterocycles. The number of aromatic nitrogens is 8. The standard InChI is InChI=1S/C22H15F2N9O2/c23-21(24)35-14-2-1-5-26-13(14)10-15-29-19-17(12-3-4-16-27-6-8-32(16)11-12)18(20-28-7-9-34-20)30-22(25)33(19)31-15/h1-9,11,21H,10H2,(H2,25,30). The highest BCUT2D eigenvalue weighted by Crippen LogP contribution is 2.34. The Morgan fingerprint density at radius 1 is 1.06 bits per heavy atom. The van der Waals surface area contributed by atoms with E-state index in [9.17, 15) is 8.78 Å². The summed E-state index contributed by atoms with van der Waals surface area (Å²) in [4.78, 5) is 21.8. The van der Waals surface area contributed by atoms with Gasteiger partial charge in [0.25, 0.3) is 0 Å². The molecule has 0 saturated heterocycles. The predicted octanol–water partition coefficient (Wildman–Crippen LogP) is 3.26. The summed E-state index contributed by atoms with van der Waals surface area (Å²) in [6.07, 6.45) is 9.80. The van der Waals surface area contributed by atoms with Gasteiger partial charge >= 0.3 is 6.61 Å². The van der Waals surface area contributed by atoms with E-state index in [-0.39, 0.29) is 35.5 Å². The zero-order chi connectivity index (χ0) is 23.9. The van der Waals surface area contributed by atoms with Gasteiger partial charge in [-0.25, -0.2) is 19.9 Å². The molecular formula is C22H15F2N9O2. The van der Waals surface area contributed by atoms with E-state index >= 15 is 0 Å². The van der Waals surface area contributed by atoms with Crippen LogP contribution in [0.15, 0.2) is 65.9 Å². The maximum Gasteiger partial charge on any atom is 0.387 e. The van der Waals surface area contributed by atoms with Crippen molar-refractivity contribution in [2.75, 3.05) is 5.73 Å². The number of ether oxygens (including phenoxy) is 1. The lowest BCUT2D eigenvalue weighted by atomic mass is 10.1.